The lowest BCUT2D eigenvalue weighted by atomic mass is 10.1. The Hall–Kier alpha value is -2.75. The van der Waals surface area contributed by atoms with Gasteiger partial charge in [0.05, 0.1) is 0 Å². The van der Waals surface area contributed by atoms with Gasteiger partial charge in [0, 0.05) is 6.54 Å². The molecule has 0 aliphatic heterocycles. The van der Waals surface area contributed by atoms with Gasteiger partial charge in [0.2, 0.25) is 11.6 Å². The van der Waals surface area contributed by atoms with Gasteiger partial charge in [-0.25, -0.2) is 8.78 Å². The Bertz CT molecular complexity index is 660. The first-order valence-corrected chi connectivity index (χ1v) is 5.63. The molecule has 0 heterocycles. The molecular weight excluding hydrogens is 290 g/mol. The molecule has 7 heteroatoms. The van der Waals surface area contributed by atoms with Crippen molar-refractivity contribution in [2.45, 2.75) is 6.54 Å². The fourth-order valence-corrected chi connectivity index (χ4v) is 1.58. The molecule has 108 valence electrons. The highest BCUT2D eigenvalue weighted by Crippen LogP contribution is 2.28. The van der Waals surface area contributed by atoms with Crippen LogP contribution in [0.2, 0.25) is 0 Å². The molecule has 3 nitrogen and oxygen atoms in total. The van der Waals surface area contributed by atoms with E-state index < -0.39 is 40.5 Å². The third-order valence-electron chi connectivity index (χ3n) is 2.64. The summed E-state index contributed by atoms with van der Waals surface area (Å²) >= 11 is 0. The van der Waals surface area contributed by atoms with Gasteiger partial charge in [-0.05, 0) is 23.8 Å². The minimum absolute atomic E-state index is 0.132. The monoisotopic (exact) mass is 297 g/mol. The molecular formula is C14H7F4NO2. The van der Waals surface area contributed by atoms with E-state index in [1.54, 1.807) is 6.07 Å². The van der Waals surface area contributed by atoms with Gasteiger partial charge in [-0.15, -0.1) is 0 Å². The van der Waals surface area contributed by atoms with Crippen LogP contribution in [0.4, 0.5) is 17.6 Å². The maximum Gasteiger partial charge on any atom is 0.257 e. The van der Waals surface area contributed by atoms with Crippen molar-refractivity contribution in [2.24, 2.45) is 0 Å². The van der Waals surface area contributed by atoms with E-state index in [0.29, 0.717) is 5.56 Å². The number of phenols is 1. The van der Waals surface area contributed by atoms with Crippen LogP contribution in [0, 0.1) is 35.4 Å². The summed E-state index contributed by atoms with van der Waals surface area (Å²) in [7, 11) is 0. The minimum Gasteiger partial charge on any atom is -0.503 e. The van der Waals surface area contributed by atoms with Crippen LogP contribution in [0.5, 0.6) is 5.75 Å². The highest BCUT2D eigenvalue weighted by Gasteiger charge is 2.29. The van der Waals surface area contributed by atoms with E-state index in [0.717, 1.165) is 0 Å². The summed E-state index contributed by atoms with van der Waals surface area (Å²) in [4.78, 5) is 11.7. The Morgan fingerprint density at radius 3 is 2.24 bits per heavy atom. The summed E-state index contributed by atoms with van der Waals surface area (Å²) in [6.45, 7) is -0.132. The molecule has 2 aromatic rings. The van der Waals surface area contributed by atoms with Crippen LogP contribution in [-0.2, 0) is 6.54 Å². The Morgan fingerprint density at radius 2 is 1.71 bits per heavy atom. The van der Waals surface area contributed by atoms with Crippen molar-refractivity contribution in [2.75, 3.05) is 0 Å². The number of rotatable bonds is 3. The number of aromatic hydroxyl groups is 1. The Labute approximate surface area is 116 Å². The quantitative estimate of drug-likeness (QED) is 0.675. The third-order valence-corrected chi connectivity index (χ3v) is 2.64. The molecule has 2 rings (SSSR count). The van der Waals surface area contributed by atoms with Gasteiger partial charge in [0.15, 0.2) is 17.4 Å². The van der Waals surface area contributed by atoms with Gasteiger partial charge >= 0.3 is 0 Å². The van der Waals surface area contributed by atoms with Crippen LogP contribution >= 0.6 is 0 Å². The predicted molar refractivity (Wildman–Crippen MR) is 63.2 cm³/mol. The summed E-state index contributed by atoms with van der Waals surface area (Å²) < 4.78 is 53.2. The minimum atomic E-state index is -2.03. The second kappa shape index (κ2) is 5.71. The molecule has 0 aromatic heterocycles. The maximum absolute atomic E-state index is 13.5. The van der Waals surface area contributed by atoms with Gasteiger partial charge in [-0.2, -0.15) is 8.78 Å². The van der Waals surface area contributed by atoms with E-state index in [4.69, 9.17) is 5.11 Å². The van der Waals surface area contributed by atoms with Crippen molar-refractivity contribution >= 4 is 5.91 Å². The smallest absolute Gasteiger partial charge is 0.257 e. The van der Waals surface area contributed by atoms with Gasteiger partial charge in [-0.1, -0.05) is 12.1 Å². The summed E-state index contributed by atoms with van der Waals surface area (Å²) in [6.07, 6.45) is 0. The van der Waals surface area contributed by atoms with E-state index in [9.17, 15) is 22.4 Å². The number of amides is 1. The number of nitrogens with one attached hydrogen (secondary N) is 1. The molecule has 1 amide bonds. The Morgan fingerprint density at radius 1 is 1.10 bits per heavy atom. The van der Waals surface area contributed by atoms with E-state index in [1.165, 1.54) is 12.1 Å². The molecule has 0 aliphatic carbocycles. The summed E-state index contributed by atoms with van der Waals surface area (Å²) in [5.74, 6) is -11.1. The van der Waals surface area contributed by atoms with Crippen molar-refractivity contribution in [3.05, 3.63) is 64.7 Å². The van der Waals surface area contributed by atoms with Crippen molar-refractivity contribution in [3.8, 4) is 5.75 Å². The zero-order valence-corrected chi connectivity index (χ0v) is 10.3. The zero-order valence-electron chi connectivity index (χ0n) is 10.3. The first-order valence-electron chi connectivity index (χ1n) is 5.63. The van der Waals surface area contributed by atoms with Crippen LogP contribution in [0.15, 0.2) is 18.2 Å². The lowest BCUT2D eigenvalue weighted by Gasteiger charge is -2.09. The molecule has 0 unspecified atom stereocenters. The van der Waals surface area contributed by atoms with E-state index in [2.05, 4.69) is 17.4 Å². The van der Waals surface area contributed by atoms with Crippen LogP contribution in [0.3, 0.4) is 0 Å². The summed E-state index contributed by atoms with van der Waals surface area (Å²) in [5, 5.41) is 10.9. The van der Waals surface area contributed by atoms with Crippen LogP contribution < -0.4 is 5.32 Å². The Balaban J connectivity index is 2.28. The number of hydrogen-bond donors (Lipinski definition) is 2. The fraction of sp³-hybridized carbons (Fsp3) is 0.0714. The Kier molecular flexibility index (Phi) is 3.98. The zero-order chi connectivity index (χ0) is 15.6. The summed E-state index contributed by atoms with van der Waals surface area (Å²) in [5.41, 5.74) is -0.892. The lowest BCUT2D eigenvalue weighted by molar-refractivity contribution is 0.0939. The normalized spacial score (nSPS) is 10.1. The summed E-state index contributed by atoms with van der Waals surface area (Å²) in [6, 6.07) is 9.73. The highest BCUT2D eigenvalue weighted by molar-refractivity contribution is 5.95. The number of carbonyl (C=O) groups is 1. The lowest BCUT2D eigenvalue weighted by Crippen LogP contribution is -2.26. The van der Waals surface area contributed by atoms with Crippen LogP contribution in [0.25, 0.3) is 0 Å². The number of halogens is 4. The molecule has 2 aromatic carbocycles. The van der Waals surface area contributed by atoms with Crippen molar-refractivity contribution in [3.63, 3.8) is 0 Å². The number of hydrogen-bond acceptors (Lipinski definition) is 2. The third kappa shape index (κ3) is 2.74. The predicted octanol–water partition coefficient (Wildman–Crippen LogP) is 2.48. The molecule has 21 heavy (non-hydrogen) atoms. The van der Waals surface area contributed by atoms with Crippen LogP contribution in [-0.4, -0.2) is 11.0 Å². The first kappa shape index (κ1) is 14.7. The first-order chi connectivity index (χ1) is 9.93. The molecule has 0 aliphatic rings. The van der Waals surface area contributed by atoms with E-state index >= 15 is 0 Å². The second-order valence-electron chi connectivity index (χ2n) is 4.00. The van der Waals surface area contributed by atoms with Crippen molar-refractivity contribution in [1.29, 1.82) is 0 Å². The van der Waals surface area contributed by atoms with Gasteiger partial charge < -0.3 is 10.4 Å². The standard InChI is InChI=1S/C14H7F4NO2/c15-9-8(10(16)12(18)13(20)11(9)17)14(21)19-6-7-4-2-1-3-5-7/h2,4-5,20H,6H2,(H,19,21). The molecule has 2 N–H and O–H groups in total. The van der Waals surface area contributed by atoms with E-state index in [1.807, 2.05) is 0 Å². The molecule has 0 saturated carbocycles. The molecule has 0 atom stereocenters. The highest BCUT2D eigenvalue weighted by atomic mass is 19.2. The largest absolute Gasteiger partial charge is 0.503 e. The average molecular weight is 297 g/mol. The van der Waals surface area contributed by atoms with Gasteiger partial charge in [0.25, 0.3) is 5.91 Å². The number of carbonyl (C=O) groups excluding carboxylic acids is 1. The number of phenolic OH excluding ortho intramolecular Hbond substituents is 1. The average Bonchev–Trinajstić information content (AvgIpc) is 2.50. The molecule has 0 bridgehead atoms. The van der Waals surface area contributed by atoms with Crippen LogP contribution in [0.1, 0.15) is 15.9 Å². The molecule has 0 radical (unpaired) electrons. The maximum atomic E-state index is 13.5. The topological polar surface area (TPSA) is 49.3 Å². The molecule has 0 fully saturated rings. The van der Waals surface area contributed by atoms with Crippen molar-refractivity contribution in [1.82, 2.24) is 5.32 Å². The van der Waals surface area contributed by atoms with Gasteiger partial charge in [0.1, 0.15) is 5.56 Å². The molecule has 0 saturated heterocycles. The second-order valence-corrected chi connectivity index (χ2v) is 4.00. The SMILES string of the molecule is O=C(NCc1cc#ccc1)c1c(F)c(F)c(O)c(F)c1F. The number of benzene rings is 1. The van der Waals surface area contributed by atoms with E-state index in [-0.39, 0.29) is 6.54 Å². The van der Waals surface area contributed by atoms with Crippen molar-refractivity contribution < 1.29 is 27.5 Å². The van der Waals surface area contributed by atoms with Gasteiger partial charge in [-0.3, -0.25) is 4.79 Å². The molecule has 0 spiro atoms. The fourth-order valence-electron chi connectivity index (χ4n) is 1.58.